The van der Waals surface area contributed by atoms with Crippen molar-refractivity contribution in [3.63, 3.8) is 0 Å². The molecule has 0 amide bonds. The average molecular weight is 314 g/mol. The summed E-state index contributed by atoms with van der Waals surface area (Å²) in [5, 5.41) is 3.47. The minimum absolute atomic E-state index is 0.233. The van der Waals surface area contributed by atoms with Crippen LogP contribution in [-0.2, 0) is 4.74 Å². The highest BCUT2D eigenvalue weighted by molar-refractivity contribution is 6.28. The largest absolute Gasteiger partial charge is 0.378 e. The fourth-order valence-electron chi connectivity index (χ4n) is 2.20. The van der Waals surface area contributed by atoms with Gasteiger partial charge in [-0.1, -0.05) is 26.7 Å². The normalized spacial score (nSPS) is 15.5. The molecule has 6 nitrogen and oxygen atoms in total. The van der Waals surface area contributed by atoms with Gasteiger partial charge in [-0.05, 0) is 23.9 Å². The molecule has 1 aliphatic rings. The van der Waals surface area contributed by atoms with Crippen LogP contribution in [-0.4, -0.2) is 47.8 Å². The van der Waals surface area contributed by atoms with E-state index in [-0.39, 0.29) is 5.28 Å². The maximum atomic E-state index is 5.99. The van der Waals surface area contributed by atoms with Crippen LogP contribution >= 0.6 is 11.6 Å². The zero-order valence-corrected chi connectivity index (χ0v) is 13.6. The number of aromatic nitrogens is 3. The first kappa shape index (κ1) is 16.2. The molecular formula is C14H24ClN5O. The van der Waals surface area contributed by atoms with Crippen LogP contribution in [0.15, 0.2) is 0 Å². The summed E-state index contributed by atoms with van der Waals surface area (Å²) >= 11 is 5.99. The number of halogens is 1. The predicted molar refractivity (Wildman–Crippen MR) is 85.0 cm³/mol. The van der Waals surface area contributed by atoms with Crippen molar-refractivity contribution in [3.05, 3.63) is 5.28 Å². The topological polar surface area (TPSA) is 63.2 Å². The Hall–Kier alpha value is -1.14. The number of hydrogen-bond donors (Lipinski definition) is 1. The molecule has 0 unspecified atom stereocenters. The average Bonchev–Trinajstić information content (AvgIpc) is 2.47. The molecule has 0 radical (unpaired) electrons. The summed E-state index contributed by atoms with van der Waals surface area (Å²) < 4.78 is 5.33. The lowest BCUT2D eigenvalue weighted by Crippen LogP contribution is -2.37. The van der Waals surface area contributed by atoms with E-state index in [4.69, 9.17) is 16.3 Å². The number of ether oxygens (including phenoxy) is 1. The van der Waals surface area contributed by atoms with Gasteiger partial charge >= 0.3 is 0 Å². The first-order valence-electron chi connectivity index (χ1n) is 7.63. The molecule has 1 aliphatic heterocycles. The van der Waals surface area contributed by atoms with Gasteiger partial charge in [0.2, 0.25) is 17.2 Å². The Morgan fingerprint density at radius 2 is 1.95 bits per heavy atom. The maximum Gasteiger partial charge on any atom is 0.231 e. The zero-order valence-electron chi connectivity index (χ0n) is 12.8. The van der Waals surface area contributed by atoms with E-state index in [1.807, 2.05) is 0 Å². The van der Waals surface area contributed by atoms with E-state index in [1.54, 1.807) is 0 Å². The number of rotatable bonds is 7. The van der Waals surface area contributed by atoms with Crippen molar-refractivity contribution in [1.29, 1.82) is 0 Å². The van der Waals surface area contributed by atoms with Gasteiger partial charge in [0.05, 0.1) is 13.2 Å². The monoisotopic (exact) mass is 313 g/mol. The number of unbranched alkanes of at least 4 members (excludes halogenated alkanes) is 1. The van der Waals surface area contributed by atoms with E-state index in [1.165, 1.54) is 12.8 Å². The minimum Gasteiger partial charge on any atom is -0.378 e. The smallest absolute Gasteiger partial charge is 0.231 e. The van der Waals surface area contributed by atoms with Gasteiger partial charge in [0, 0.05) is 19.6 Å². The number of morpholine rings is 1. The van der Waals surface area contributed by atoms with E-state index in [0.717, 1.165) is 32.0 Å². The Morgan fingerprint density at radius 3 is 2.67 bits per heavy atom. The van der Waals surface area contributed by atoms with Gasteiger partial charge in [-0.3, -0.25) is 0 Å². The Kier molecular flexibility index (Phi) is 6.45. The SMILES string of the molecule is CC(C)CCCCNc1nc(Cl)nc(N2CCOCC2)n1. The summed E-state index contributed by atoms with van der Waals surface area (Å²) in [5.41, 5.74) is 0. The van der Waals surface area contributed by atoms with Gasteiger partial charge in [-0.2, -0.15) is 15.0 Å². The van der Waals surface area contributed by atoms with Gasteiger partial charge in [0.25, 0.3) is 0 Å². The van der Waals surface area contributed by atoms with Crippen molar-refractivity contribution in [2.24, 2.45) is 5.92 Å². The molecule has 118 valence electrons. The van der Waals surface area contributed by atoms with E-state index in [2.05, 4.69) is 39.0 Å². The number of hydrogen-bond acceptors (Lipinski definition) is 6. The van der Waals surface area contributed by atoms with Crippen molar-refractivity contribution in [2.45, 2.75) is 33.1 Å². The summed E-state index contributed by atoms with van der Waals surface area (Å²) in [6.45, 7) is 8.31. The van der Waals surface area contributed by atoms with Gasteiger partial charge in [-0.15, -0.1) is 0 Å². The molecule has 0 saturated carbocycles. The van der Waals surface area contributed by atoms with Crippen LogP contribution in [0.25, 0.3) is 0 Å². The lowest BCUT2D eigenvalue weighted by atomic mass is 10.1. The van der Waals surface area contributed by atoms with E-state index in [9.17, 15) is 0 Å². The summed E-state index contributed by atoms with van der Waals surface area (Å²) in [5.74, 6) is 1.94. The molecule has 0 bridgehead atoms. The van der Waals surface area contributed by atoms with Crippen LogP contribution in [0.4, 0.5) is 11.9 Å². The molecule has 0 aromatic carbocycles. The van der Waals surface area contributed by atoms with E-state index < -0.39 is 0 Å². The van der Waals surface area contributed by atoms with Crippen molar-refractivity contribution in [3.8, 4) is 0 Å². The molecule has 1 fully saturated rings. The van der Waals surface area contributed by atoms with Gasteiger partial charge in [0.15, 0.2) is 0 Å². The number of anilines is 2. The molecule has 7 heteroatoms. The second-order valence-corrected chi connectivity index (χ2v) is 5.98. The lowest BCUT2D eigenvalue weighted by Gasteiger charge is -2.26. The van der Waals surface area contributed by atoms with E-state index in [0.29, 0.717) is 25.1 Å². The van der Waals surface area contributed by atoms with Crippen LogP contribution in [0.3, 0.4) is 0 Å². The molecule has 2 rings (SSSR count). The Bertz CT molecular complexity index is 437. The summed E-state index contributed by atoms with van der Waals surface area (Å²) in [7, 11) is 0. The maximum absolute atomic E-state index is 5.99. The first-order valence-corrected chi connectivity index (χ1v) is 8.01. The van der Waals surface area contributed by atoms with Crippen molar-refractivity contribution in [2.75, 3.05) is 43.1 Å². The molecule has 21 heavy (non-hydrogen) atoms. The summed E-state index contributed by atoms with van der Waals surface area (Å²) in [6.07, 6.45) is 3.56. The van der Waals surface area contributed by atoms with Gasteiger partial charge < -0.3 is 15.0 Å². The van der Waals surface area contributed by atoms with E-state index >= 15 is 0 Å². The van der Waals surface area contributed by atoms with Crippen molar-refractivity contribution >= 4 is 23.5 Å². The summed E-state index contributed by atoms with van der Waals surface area (Å²) in [4.78, 5) is 14.8. The van der Waals surface area contributed by atoms with Crippen LogP contribution < -0.4 is 10.2 Å². The van der Waals surface area contributed by atoms with Crippen LogP contribution in [0.1, 0.15) is 33.1 Å². The summed E-state index contributed by atoms with van der Waals surface area (Å²) in [6, 6.07) is 0. The van der Waals surface area contributed by atoms with Crippen LogP contribution in [0, 0.1) is 5.92 Å². The first-order chi connectivity index (χ1) is 10.1. The molecule has 0 spiro atoms. The molecule has 2 heterocycles. The second kappa shape index (κ2) is 8.34. The molecule has 0 aliphatic carbocycles. The molecule has 1 aromatic heterocycles. The van der Waals surface area contributed by atoms with Crippen molar-refractivity contribution < 1.29 is 4.74 Å². The zero-order chi connectivity index (χ0) is 15.1. The fraction of sp³-hybridized carbons (Fsp3) is 0.786. The third-order valence-corrected chi connectivity index (χ3v) is 3.55. The van der Waals surface area contributed by atoms with Gasteiger partial charge in [-0.25, -0.2) is 0 Å². The predicted octanol–water partition coefficient (Wildman–Crippen LogP) is 2.60. The molecule has 1 aromatic rings. The Labute approximate surface area is 131 Å². The molecule has 0 atom stereocenters. The highest BCUT2D eigenvalue weighted by atomic mass is 35.5. The molecule has 1 N–H and O–H groups in total. The standard InChI is InChI=1S/C14H24ClN5O/c1-11(2)5-3-4-6-16-13-17-12(15)18-14(19-13)20-7-9-21-10-8-20/h11H,3-10H2,1-2H3,(H,16,17,18,19). The highest BCUT2D eigenvalue weighted by Crippen LogP contribution is 2.15. The lowest BCUT2D eigenvalue weighted by molar-refractivity contribution is 0.122. The van der Waals surface area contributed by atoms with Crippen LogP contribution in [0.5, 0.6) is 0 Å². The minimum atomic E-state index is 0.233. The number of nitrogens with one attached hydrogen (secondary N) is 1. The molecule has 1 saturated heterocycles. The fourth-order valence-corrected chi connectivity index (χ4v) is 2.36. The third kappa shape index (κ3) is 5.63. The quantitative estimate of drug-likeness (QED) is 0.781. The second-order valence-electron chi connectivity index (χ2n) is 5.64. The van der Waals surface area contributed by atoms with Crippen molar-refractivity contribution in [1.82, 2.24) is 15.0 Å². The molecular weight excluding hydrogens is 290 g/mol. The Morgan fingerprint density at radius 1 is 1.19 bits per heavy atom. The number of nitrogens with zero attached hydrogens (tertiary/aromatic N) is 4. The van der Waals surface area contributed by atoms with Gasteiger partial charge in [0.1, 0.15) is 0 Å². The Balaban J connectivity index is 1.86. The third-order valence-electron chi connectivity index (χ3n) is 3.38. The highest BCUT2D eigenvalue weighted by Gasteiger charge is 2.15. The van der Waals surface area contributed by atoms with Crippen LogP contribution in [0.2, 0.25) is 5.28 Å².